The molecule has 2 aromatic carbocycles. The Morgan fingerprint density at radius 3 is 2.33 bits per heavy atom. The zero-order valence-corrected chi connectivity index (χ0v) is 12.5. The molecular weight excluding hydrogens is 303 g/mol. The van der Waals surface area contributed by atoms with E-state index in [1.54, 1.807) is 54.9 Å². The molecule has 3 aromatic rings. The van der Waals surface area contributed by atoms with E-state index in [1.165, 1.54) is 12.1 Å². The van der Waals surface area contributed by atoms with Crippen molar-refractivity contribution in [2.45, 2.75) is 0 Å². The van der Waals surface area contributed by atoms with Crippen molar-refractivity contribution in [2.75, 3.05) is 0 Å². The van der Waals surface area contributed by atoms with E-state index in [2.05, 4.69) is 16.8 Å². The molecule has 0 aliphatic rings. The lowest BCUT2D eigenvalue weighted by atomic mass is 10.1. The molecule has 114 valence electrons. The van der Waals surface area contributed by atoms with Gasteiger partial charge in [-0.05, 0) is 48.5 Å². The molecule has 0 spiro atoms. The van der Waals surface area contributed by atoms with Gasteiger partial charge >= 0.3 is 0 Å². The van der Waals surface area contributed by atoms with Crippen molar-refractivity contribution in [1.29, 1.82) is 5.26 Å². The standard InChI is InChI=1S/C20H11FN2O/c21-18-10-17(8-5-15-3-6-16(13-22)7-4-15)11-20(12-18)24-19-2-1-9-23-14-19/h1-4,6-7,9-12,14H. The third-order valence-corrected chi connectivity index (χ3v) is 3.11. The van der Waals surface area contributed by atoms with E-state index in [-0.39, 0.29) is 0 Å². The molecule has 0 amide bonds. The van der Waals surface area contributed by atoms with Crippen LogP contribution in [0, 0.1) is 29.0 Å². The number of nitrogens with zero attached hydrogens (tertiary/aromatic N) is 2. The van der Waals surface area contributed by atoms with Crippen molar-refractivity contribution in [3.8, 4) is 29.4 Å². The minimum Gasteiger partial charge on any atom is -0.456 e. The molecule has 1 aromatic heterocycles. The molecule has 1 heterocycles. The molecule has 0 atom stereocenters. The van der Waals surface area contributed by atoms with Gasteiger partial charge in [-0.3, -0.25) is 4.98 Å². The normalized spacial score (nSPS) is 9.50. The summed E-state index contributed by atoms with van der Waals surface area (Å²) in [6.07, 6.45) is 3.18. The number of aromatic nitrogens is 1. The number of benzene rings is 2. The topological polar surface area (TPSA) is 45.9 Å². The Bertz CT molecular complexity index is 949. The van der Waals surface area contributed by atoms with Crippen molar-refractivity contribution >= 4 is 0 Å². The lowest BCUT2D eigenvalue weighted by Crippen LogP contribution is -1.88. The zero-order valence-electron chi connectivity index (χ0n) is 12.5. The first-order chi connectivity index (χ1) is 11.7. The van der Waals surface area contributed by atoms with Crippen LogP contribution in [0.4, 0.5) is 4.39 Å². The molecule has 0 bridgehead atoms. The third kappa shape index (κ3) is 3.97. The quantitative estimate of drug-likeness (QED) is 0.663. The highest BCUT2D eigenvalue weighted by Crippen LogP contribution is 2.22. The molecule has 0 radical (unpaired) electrons. The average molecular weight is 314 g/mol. The van der Waals surface area contributed by atoms with Gasteiger partial charge in [0, 0.05) is 23.4 Å². The van der Waals surface area contributed by atoms with Crippen LogP contribution in [0.15, 0.2) is 67.0 Å². The predicted octanol–water partition coefficient (Wildman–Crippen LogP) is 4.28. The molecule has 0 aliphatic heterocycles. The van der Waals surface area contributed by atoms with E-state index in [0.717, 1.165) is 5.56 Å². The van der Waals surface area contributed by atoms with Crippen LogP contribution in [0.5, 0.6) is 11.5 Å². The summed E-state index contributed by atoms with van der Waals surface area (Å²) >= 11 is 0. The van der Waals surface area contributed by atoms with E-state index in [0.29, 0.717) is 22.6 Å². The first-order valence-electron chi connectivity index (χ1n) is 7.13. The van der Waals surface area contributed by atoms with Crippen LogP contribution in [0.1, 0.15) is 16.7 Å². The summed E-state index contributed by atoms with van der Waals surface area (Å²) in [5.41, 5.74) is 1.81. The minimum absolute atomic E-state index is 0.354. The summed E-state index contributed by atoms with van der Waals surface area (Å²) in [5, 5.41) is 8.77. The van der Waals surface area contributed by atoms with Gasteiger partial charge in [0.2, 0.25) is 0 Å². The van der Waals surface area contributed by atoms with Crippen LogP contribution in [0.2, 0.25) is 0 Å². The van der Waals surface area contributed by atoms with Gasteiger partial charge in [0.05, 0.1) is 17.8 Å². The Balaban J connectivity index is 1.84. The number of hydrogen-bond acceptors (Lipinski definition) is 3. The van der Waals surface area contributed by atoms with E-state index in [9.17, 15) is 4.39 Å². The molecular formula is C20H11FN2O. The third-order valence-electron chi connectivity index (χ3n) is 3.11. The highest BCUT2D eigenvalue weighted by Gasteiger charge is 2.02. The SMILES string of the molecule is N#Cc1ccc(C#Cc2cc(F)cc(Oc3cccnc3)c2)cc1. The largest absolute Gasteiger partial charge is 0.456 e. The Morgan fingerprint density at radius 2 is 1.62 bits per heavy atom. The maximum atomic E-state index is 13.8. The molecule has 0 fully saturated rings. The van der Waals surface area contributed by atoms with Crippen LogP contribution in [0.25, 0.3) is 0 Å². The second-order valence-corrected chi connectivity index (χ2v) is 4.91. The number of rotatable bonds is 2. The van der Waals surface area contributed by atoms with Gasteiger partial charge in [0.25, 0.3) is 0 Å². The van der Waals surface area contributed by atoms with Gasteiger partial charge in [0.1, 0.15) is 17.3 Å². The number of pyridine rings is 1. The molecule has 0 saturated heterocycles. The molecule has 3 rings (SSSR count). The van der Waals surface area contributed by atoms with Crippen LogP contribution in [0.3, 0.4) is 0 Å². The van der Waals surface area contributed by atoms with Gasteiger partial charge in [-0.15, -0.1) is 0 Å². The molecule has 0 saturated carbocycles. The molecule has 3 nitrogen and oxygen atoms in total. The highest BCUT2D eigenvalue weighted by atomic mass is 19.1. The van der Waals surface area contributed by atoms with Crippen molar-refractivity contribution in [3.05, 3.63) is 89.5 Å². The van der Waals surface area contributed by atoms with Gasteiger partial charge < -0.3 is 4.74 Å². The van der Waals surface area contributed by atoms with Crippen molar-refractivity contribution < 1.29 is 9.13 Å². The van der Waals surface area contributed by atoms with Crippen molar-refractivity contribution in [3.63, 3.8) is 0 Å². The summed E-state index contributed by atoms with van der Waals surface area (Å²) in [7, 11) is 0. The number of halogens is 1. The summed E-state index contributed by atoms with van der Waals surface area (Å²) in [6.45, 7) is 0. The van der Waals surface area contributed by atoms with Crippen LogP contribution < -0.4 is 4.74 Å². The lowest BCUT2D eigenvalue weighted by Gasteiger charge is -2.05. The Labute approximate surface area is 139 Å². The number of hydrogen-bond donors (Lipinski definition) is 0. The second-order valence-electron chi connectivity index (χ2n) is 4.91. The molecule has 0 aliphatic carbocycles. The fourth-order valence-corrected chi connectivity index (χ4v) is 2.01. The summed E-state index contributed by atoms with van der Waals surface area (Å²) in [5.74, 6) is 6.28. The smallest absolute Gasteiger partial charge is 0.145 e. The van der Waals surface area contributed by atoms with E-state index >= 15 is 0 Å². The first kappa shape index (κ1) is 15.3. The first-order valence-corrected chi connectivity index (χ1v) is 7.13. The molecule has 24 heavy (non-hydrogen) atoms. The maximum absolute atomic E-state index is 13.8. The average Bonchev–Trinajstić information content (AvgIpc) is 2.61. The van der Waals surface area contributed by atoms with Gasteiger partial charge in [-0.1, -0.05) is 11.8 Å². The molecule has 0 unspecified atom stereocenters. The van der Waals surface area contributed by atoms with Crippen molar-refractivity contribution in [1.82, 2.24) is 4.98 Å². The summed E-state index contributed by atoms with van der Waals surface area (Å²) in [6, 6.07) is 16.7. The molecule has 4 heteroatoms. The van der Waals surface area contributed by atoms with Gasteiger partial charge in [-0.25, -0.2) is 4.39 Å². The Hall–Kier alpha value is -3.63. The maximum Gasteiger partial charge on any atom is 0.145 e. The monoisotopic (exact) mass is 314 g/mol. The van der Waals surface area contributed by atoms with Crippen molar-refractivity contribution in [2.24, 2.45) is 0 Å². The fourth-order valence-electron chi connectivity index (χ4n) is 2.01. The molecule has 0 N–H and O–H groups in total. The van der Waals surface area contributed by atoms with Crippen LogP contribution in [-0.4, -0.2) is 4.98 Å². The van der Waals surface area contributed by atoms with E-state index in [4.69, 9.17) is 10.00 Å². The number of nitriles is 1. The highest BCUT2D eigenvalue weighted by molar-refractivity contribution is 5.47. The van der Waals surface area contributed by atoms with E-state index in [1.807, 2.05) is 6.07 Å². The van der Waals surface area contributed by atoms with Crippen LogP contribution in [-0.2, 0) is 0 Å². The predicted molar refractivity (Wildman–Crippen MR) is 87.8 cm³/mol. The Morgan fingerprint density at radius 1 is 0.875 bits per heavy atom. The lowest BCUT2D eigenvalue weighted by molar-refractivity contribution is 0.474. The Kier molecular flexibility index (Phi) is 4.51. The van der Waals surface area contributed by atoms with Gasteiger partial charge in [-0.2, -0.15) is 5.26 Å². The van der Waals surface area contributed by atoms with Crippen LogP contribution >= 0.6 is 0 Å². The second kappa shape index (κ2) is 7.09. The van der Waals surface area contributed by atoms with E-state index < -0.39 is 5.82 Å². The minimum atomic E-state index is -0.430. The number of ether oxygens (including phenoxy) is 1. The summed E-state index contributed by atoms with van der Waals surface area (Å²) in [4.78, 5) is 3.95. The fraction of sp³-hybridized carbons (Fsp3) is 0. The van der Waals surface area contributed by atoms with Gasteiger partial charge in [0.15, 0.2) is 0 Å². The summed E-state index contributed by atoms with van der Waals surface area (Å²) < 4.78 is 19.3. The zero-order chi connectivity index (χ0) is 16.8.